The average Bonchev–Trinajstić information content (AvgIpc) is 3.16. The van der Waals surface area contributed by atoms with Crippen LogP contribution in [0.1, 0.15) is 55.2 Å². The van der Waals surface area contributed by atoms with E-state index < -0.39 is 0 Å². The van der Waals surface area contributed by atoms with E-state index in [1.165, 1.54) is 5.56 Å². The Balaban J connectivity index is 1.73. The minimum atomic E-state index is -0.125. The molecule has 1 atom stereocenters. The molecule has 0 aliphatic carbocycles. The highest BCUT2D eigenvalue weighted by atomic mass is 16.5. The van der Waals surface area contributed by atoms with Crippen molar-refractivity contribution >= 4 is 17.0 Å². The van der Waals surface area contributed by atoms with E-state index in [-0.39, 0.29) is 17.9 Å². The second-order valence-corrected chi connectivity index (χ2v) is 7.57. The Morgan fingerprint density at radius 2 is 1.90 bits per heavy atom. The molecule has 1 amide bonds. The van der Waals surface area contributed by atoms with E-state index in [1.807, 2.05) is 26.0 Å². The summed E-state index contributed by atoms with van der Waals surface area (Å²) in [6.07, 6.45) is 2.44. The summed E-state index contributed by atoms with van der Waals surface area (Å²) in [4.78, 5) is 19.5. The van der Waals surface area contributed by atoms with Gasteiger partial charge >= 0.3 is 0 Å². The highest BCUT2D eigenvalue weighted by Crippen LogP contribution is 2.24. The van der Waals surface area contributed by atoms with E-state index in [9.17, 15) is 4.79 Å². The van der Waals surface area contributed by atoms with Crippen molar-refractivity contribution in [3.8, 4) is 0 Å². The minimum Gasteiger partial charge on any atom is -0.350 e. The first kappa shape index (κ1) is 21.0. The van der Waals surface area contributed by atoms with Crippen LogP contribution in [0.4, 0.5) is 0 Å². The Morgan fingerprint density at radius 3 is 2.55 bits per heavy atom. The van der Waals surface area contributed by atoms with Gasteiger partial charge in [-0.3, -0.25) is 9.69 Å². The molecule has 0 aliphatic heterocycles. The minimum absolute atomic E-state index is 0.125. The zero-order chi connectivity index (χ0) is 20.8. The predicted octanol–water partition coefficient (Wildman–Crippen LogP) is 4.03. The van der Waals surface area contributed by atoms with Crippen LogP contribution in [-0.2, 0) is 6.42 Å². The molecular weight excluding hydrogens is 364 g/mol. The number of aromatic nitrogens is 2. The number of carbonyl (C=O) groups excluding carboxylic acids is 1. The largest absolute Gasteiger partial charge is 0.350 e. The monoisotopic (exact) mass is 394 g/mol. The predicted molar refractivity (Wildman–Crippen MR) is 115 cm³/mol. The van der Waals surface area contributed by atoms with Gasteiger partial charge in [-0.05, 0) is 37.1 Å². The van der Waals surface area contributed by atoms with Crippen molar-refractivity contribution in [3.63, 3.8) is 0 Å². The summed E-state index contributed by atoms with van der Waals surface area (Å²) in [5.74, 6) is 0.0785. The number of likely N-dealkylation sites (N-methyl/N-ethyl adjacent to an activating group) is 1. The van der Waals surface area contributed by atoms with Crippen LogP contribution in [-0.4, -0.2) is 46.6 Å². The molecule has 0 bridgehead atoms. The van der Waals surface area contributed by atoms with Gasteiger partial charge in [-0.1, -0.05) is 63.2 Å². The number of rotatable bonds is 9. The Morgan fingerprint density at radius 1 is 1.17 bits per heavy atom. The van der Waals surface area contributed by atoms with Gasteiger partial charge in [0.2, 0.25) is 0 Å². The molecule has 2 aromatic heterocycles. The maximum Gasteiger partial charge on any atom is 0.257 e. The standard InChI is InChI=1S/C23H30N4O2/c1-5-27(6-2)19(12-17-10-8-7-9-11-17)15-24-22(28)18-13-20-21(16(3)4)26-29-23(20)25-14-18/h7-11,13-14,16,19H,5-6,12,15H2,1-4H3,(H,24,28)/t19-/m1/s1. The third-order valence-electron chi connectivity index (χ3n) is 5.31. The maximum absolute atomic E-state index is 12.8. The molecule has 3 aromatic rings. The molecule has 29 heavy (non-hydrogen) atoms. The zero-order valence-corrected chi connectivity index (χ0v) is 17.7. The van der Waals surface area contributed by atoms with Crippen molar-refractivity contribution < 1.29 is 9.32 Å². The van der Waals surface area contributed by atoms with E-state index in [0.29, 0.717) is 17.8 Å². The summed E-state index contributed by atoms with van der Waals surface area (Å²) in [6, 6.07) is 12.5. The number of nitrogens with one attached hydrogen (secondary N) is 1. The van der Waals surface area contributed by atoms with E-state index in [0.717, 1.165) is 30.6 Å². The molecule has 0 saturated carbocycles. The normalized spacial score (nSPS) is 12.6. The van der Waals surface area contributed by atoms with Crippen LogP contribution in [0.5, 0.6) is 0 Å². The number of amides is 1. The molecule has 6 heteroatoms. The van der Waals surface area contributed by atoms with Crippen molar-refractivity contribution in [1.82, 2.24) is 20.4 Å². The van der Waals surface area contributed by atoms with Gasteiger partial charge in [0.15, 0.2) is 0 Å². The van der Waals surface area contributed by atoms with Crippen molar-refractivity contribution in [2.45, 2.75) is 46.1 Å². The molecule has 154 valence electrons. The van der Waals surface area contributed by atoms with Gasteiger partial charge in [0.1, 0.15) is 0 Å². The smallest absolute Gasteiger partial charge is 0.257 e. The van der Waals surface area contributed by atoms with Gasteiger partial charge in [-0.15, -0.1) is 0 Å². The third-order valence-corrected chi connectivity index (χ3v) is 5.31. The van der Waals surface area contributed by atoms with E-state index in [1.54, 1.807) is 6.20 Å². The average molecular weight is 395 g/mol. The summed E-state index contributed by atoms with van der Waals surface area (Å²) in [6.45, 7) is 10.9. The van der Waals surface area contributed by atoms with Gasteiger partial charge in [0, 0.05) is 18.8 Å². The molecule has 2 heterocycles. The highest BCUT2D eigenvalue weighted by Gasteiger charge is 2.19. The summed E-state index contributed by atoms with van der Waals surface area (Å²) in [5, 5.41) is 7.99. The molecule has 0 radical (unpaired) electrons. The highest BCUT2D eigenvalue weighted by molar-refractivity contribution is 5.97. The van der Waals surface area contributed by atoms with Crippen molar-refractivity contribution in [2.24, 2.45) is 0 Å². The van der Waals surface area contributed by atoms with Crippen LogP contribution < -0.4 is 5.32 Å². The van der Waals surface area contributed by atoms with Crippen LogP contribution >= 0.6 is 0 Å². The summed E-state index contributed by atoms with van der Waals surface area (Å²) < 4.78 is 5.27. The van der Waals surface area contributed by atoms with Gasteiger partial charge in [0.25, 0.3) is 11.6 Å². The lowest BCUT2D eigenvalue weighted by atomic mass is 10.0. The van der Waals surface area contributed by atoms with Gasteiger partial charge in [-0.2, -0.15) is 0 Å². The molecule has 0 saturated heterocycles. The SMILES string of the molecule is CCN(CC)[C@@H](CNC(=O)c1cnc2onc(C(C)C)c2c1)Cc1ccccc1. The molecular formula is C23H30N4O2. The second kappa shape index (κ2) is 9.65. The summed E-state index contributed by atoms with van der Waals surface area (Å²) in [7, 11) is 0. The lowest BCUT2D eigenvalue weighted by Crippen LogP contribution is -2.45. The fourth-order valence-electron chi connectivity index (χ4n) is 3.66. The van der Waals surface area contributed by atoms with Crippen molar-refractivity contribution in [1.29, 1.82) is 0 Å². The molecule has 0 fully saturated rings. The second-order valence-electron chi connectivity index (χ2n) is 7.57. The van der Waals surface area contributed by atoms with Gasteiger partial charge in [-0.25, -0.2) is 4.98 Å². The van der Waals surface area contributed by atoms with Gasteiger partial charge < -0.3 is 9.84 Å². The summed E-state index contributed by atoms with van der Waals surface area (Å²) >= 11 is 0. The quantitative estimate of drug-likeness (QED) is 0.593. The fraction of sp³-hybridized carbons (Fsp3) is 0.435. The number of fused-ring (bicyclic) bond motifs is 1. The molecule has 0 unspecified atom stereocenters. The topological polar surface area (TPSA) is 71.3 Å². The number of hydrogen-bond acceptors (Lipinski definition) is 5. The number of hydrogen-bond donors (Lipinski definition) is 1. The first-order valence-electron chi connectivity index (χ1n) is 10.3. The van der Waals surface area contributed by atoms with Crippen LogP contribution in [0, 0.1) is 0 Å². The Hall–Kier alpha value is -2.73. The molecule has 0 aliphatic rings. The lowest BCUT2D eigenvalue weighted by molar-refractivity contribution is 0.0934. The molecule has 3 rings (SSSR count). The molecule has 1 aromatic carbocycles. The number of nitrogens with zero attached hydrogens (tertiary/aromatic N) is 3. The van der Waals surface area contributed by atoms with Gasteiger partial charge in [0.05, 0.1) is 16.6 Å². The molecule has 6 nitrogen and oxygen atoms in total. The van der Waals surface area contributed by atoms with Crippen LogP contribution in [0.15, 0.2) is 47.1 Å². The fourth-order valence-corrected chi connectivity index (χ4v) is 3.66. The van der Waals surface area contributed by atoms with E-state index in [4.69, 9.17) is 4.52 Å². The molecule has 0 spiro atoms. The van der Waals surface area contributed by atoms with Crippen LogP contribution in [0.2, 0.25) is 0 Å². The Labute approximate surface area is 172 Å². The molecule has 1 N–H and O–H groups in total. The first-order chi connectivity index (χ1) is 14.0. The van der Waals surface area contributed by atoms with Crippen molar-refractivity contribution in [2.75, 3.05) is 19.6 Å². The first-order valence-corrected chi connectivity index (χ1v) is 10.3. The van der Waals surface area contributed by atoms with E-state index in [2.05, 4.69) is 58.5 Å². The Kier molecular flexibility index (Phi) is 6.99. The number of benzene rings is 1. The summed E-state index contributed by atoms with van der Waals surface area (Å²) in [5.41, 5.74) is 3.09. The third kappa shape index (κ3) is 5.01. The number of pyridine rings is 1. The number of carbonyl (C=O) groups is 1. The van der Waals surface area contributed by atoms with Crippen LogP contribution in [0.25, 0.3) is 11.1 Å². The van der Waals surface area contributed by atoms with Crippen LogP contribution in [0.3, 0.4) is 0 Å². The van der Waals surface area contributed by atoms with Crippen molar-refractivity contribution in [3.05, 3.63) is 59.4 Å². The lowest BCUT2D eigenvalue weighted by Gasteiger charge is -2.30. The Bertz CT molecular complexity index is 932. The zero-order valence-electron chi connectivity index (χ0n) is 17.7. The maximum atomic E-state index is 12.8. The van der Waals surface area contributed by atoms with E-state index >= 15 is 0 Å².